The van der Waals surface area contributed by atoms with Crippen LogP contribution in [0.3, 0.4) is 0 Å². The van der Waals surface area contributed by atoms with E-state index in [1.54, 1.807) is 0 Å². The van der Waals surface area contributed by atoms with E-state index in [2.05, 4.69) is 23.8 Å². The fourth-order valence-electron chi connectivity index (χ4n) is 2.04. The minimum Gasteiger partial charge on any atom is -0.393 e. The topological polar surface area (TPSA) is 36.4 Å². The van der Waals surface area contributed by atoms with E-state index in [0.29, 0.717) is 0 Å². The Morgan fingerprint density at radius 3 is 2.80 bits per heavy atom. The lowest BCUT2D eigenvalue weighted by Gasteiger charge is -2.29. The molecule has 0 spiro atoms. The average molecular weight is 204 g/mol. The molecule has 1 N–H and O–H groups in total. The molecule has 0 amide bonds. The summed E-state index contributed by atoms with van der Waals surface area (Å²) in [6, 6.07) is 2.18. The molecule has 0 atom stereocenters. The SMILES string of the molecule is Bc1cncc(CN2CCC(O)CC2)c1. The number of nitrogens with zero attached hydrogens (tertiary/aromatic N) is 2. The predicted octanol–water partition coefficient (Wildman–Crippen LogP) is -0.703. The van der Waals surface area contributed by atoms with Crippen LogP contribution in [-0.4, -0.2) is 42.0 Å². The third-order valence-electron chi connectivity index (χ3n) is 2.89. The summed E-state index contributed by atoms with van der Waals surface area (Å²) < 4.78 is 0. The monoisotopic (exact) mass is 204 g/mol. The van der Waals surface area contributed by atoms with Gasteiger partial charge in [-0.2, -0.15) is 0 Å². The Morgan fingerprint density at radius 2 is 2.13 bits per heavy atom. The first-order valence-corrected chi connectivity index (χ1v) is 5.55. The Labute approximate surface area is 91.5 Å². The van der Waals surface area contributed by atoms with Gasteiger partial charge in [0, 0.05) is 32.0 Å². The van der Waals surface area contributed by atoms with Crippen molar-refractivity contribution in [3.8, 4) is 0 Å². The van der Waals surface area contributed by atoms with Crippen LogP contribution >= 0.6 is 0 Å². The van der Waals surface area contributed by atoms with Crippen molar-refractivity contribution >= 4 is 13.3 Å². The van der Waals surface area contributed by atoms with E-state index in [4.69, 9.17) is 0 Å². The van der Waals surface area contributed by atoms with Crippen molar-refractivity contribution in [2.75, 3.05) is 13.1 Å². The number of piperidine rings is 1. The van der Waals surface area contributed by atoms with Gasteiger partial charge in [-0.15, -0.1) is 0 Å². The van der Waals surface area contributed by atoms with Crippen LogP contribution in [0.1, 0.15) is 18.4 Å². The molecule has 2 rings (SSSR count). The molecular formula is C11H17BN2O. The minimum atomic E-state index is -0.0862. The number of aromatic nitrogens is 1. The van der Waals surface area contributed by atoms with Gasteiger partial charge in [-0.1, -0.05) is 11.5 Å². The first-order valence-electron chi connectivity index (χ1n) is 5.55. The predicted molar refractivity (Wildman–Crippen MR) is 62.9 cm³/mol. The number of aliphatic hydroxyl groups is 1. The molecule has 0 aromatic carbocycles. The van der Waals surface area contributed by atoms with Crippen LogP contribution < -0.4 is 5.46 Å². The normalized spacial score (nSPS) is 19.3. The number of hydrogen-bond acceptors (Lipinski definition) is 3. The van der Waals surface area contributed by atoms with Crippen LogP contribution in [0.5, 0.6) is 0 Å². The third kappa shape index (κ3) is 3.04. The van der Waals surface area contributed by atoms with Gasteiger partial charge in [0.05, 0.1) is 6.10 Å². The van der Waals surface area contributed by atoms with E-state index in [-0.39, 0.29) is 6.10 Å². The van der Waals surface area contributed by atoms with Crippen LogP contribution in [-0.2, 0) is 6.54 Å². The number of likely N-dealkylation sites (tertiary alicyclic amines) is 1. The standard InChI is InChI=1S/C11H17BN2O/c12-10-5-9(6-13-7-10)8-14-3-1-11(15)2-4-14/h5-7,11,15H,1-4,8,12H2. The Hall–Kier alpha value is -0.865. The van der Waals surface area contributed by atoms with E-state index < -0.39 is 0 Å². The molecule has 3 nitrogen and oxygen atoms in total. The zero-order chi connectivity index (χ0) is 10.7. The molecule has 15 heavy (non-hydrogen) atoms. The quantitative estimate of drug-likeness (QED) is 0.647. The number of hydrogen-bond donors (Lipinski definition) is 1. The zero-order valence-electron chi connectivity index (χ0n) is 9.19. The third-order valence-corrected chi connectivity index (χ3v) is 2.89. The highest BCUT2D eigenvalue weighted by atomic mass is 16.3. The molecule has 2 heterocycles. The van der Waals surface area contributed by atoms with Crippen LogP contribution in [0, 0.1) is 0 Å². The molecule has 1 saturated heterocycles. The van der Waals surface area contributed by atoms with Crippen molar-refractivity contribution < 1.29 is 5.11 Å². The van der Waals surface area contributed by atoms with Gasteiger partial charge in [-0.3, -0.25) is 9.88 Å². The fourth-order valence-corrected chi connectivity index (χ4v) is 2.04. The van der Waals surface area contributed by atoms with Crippen molar-refractivity contribution in [3.63, 3.8) is 0 Å². The number of rotatable bonds is 2. The van der Waals surface area contributed by atoms with Gasteiger partial charge in [0.25, 0.3) is 0 Å². The molecule has 0 unspecified atom stereocenters. The fraction of sp³-hybridized carbons (Fsp3) is 0.545. The maximum atomic E-state index is 9.40. The molecule has 1 aliphatic heterocycles. The molecule has 1 aromatic heterocycles. The second kappa shape index (κ2) is 4.77. The molecule has 80 valence electrons. The van der Waals surface area contributed by atoms with Crippen LogP contribution in [0.15, 0.2) is 18.5 Å². The summed E-state index contributed by atoms with van der Waals surface area (Å²) in [6.45, 7) is 2.95. The molecule has 1 aliphatic rings. The smallest absolute Gasteiger partial charge is 0.141 e. The molecule has 4 heteroatoms. The Morgan fingerprint density at radius 1 is 1.40 bits per heavy atom. The van der Waals surface area contributed by atoms with Gasteiger partial charge in [0.1, 0.15) is 7.85 Å². The van der Waals surface area contributed by atoms with Crippen LogP contribution in [0.2, 0.25) is 0 Å². The lowest BCUT2D eigenvalue weighted by molar-refractivity contribution is 0.0792. The summed E-state index contributed by atoms with van der Waals surface area (Å²) in [5.41, 5.74) is 2.48. The maximum absolute atomic E-state index is 9.40. The average Bonchev–Trinajstić information content (AvgIpc) is 2.22. The molecule has 0 aliphatic carbocycles. The molecule has 0 bridgehead atoms. The highest BCUT2D eigenvalue weighted by Crippen LogP contribution is 2.12. The van der Waals surface area contributed by atoms with E-state index >= 15 is 0 Å². The highest BCUT2D eigenvalue weighted by molar-refractivity contribution is 6.32. The van der Waals surface area contributed by atoms with Gasteiger partial charge >= 0.3 is 0 Å². The largest absolute Gasteiger partial charge is 0.393 e. The second-order valence-electron chi connectivity index (χ2n) is 4.38. The summed E-state index contributed by atoms with van der Waals surface area (Å²) in [5, 5.41) is 9.40. The Kier molecular flexibility index (Phi) is 3.39. The van der Waals surface area contributed by atoms with Gasteiger partial charge in [0.15, 0.2) is 0 Å². The molecule has 1 aromatic rings. The summed E-state index contributed by atoms with van der Waals surface area (Å²) in [5.74, 6) is 0. The molecule has 0 saturated carbocycles. The second-order valence-corrected chi connectivity index (χ2v) is 4.38. The van der Waals surface area contributed by atoms with Crippen molar-refractivity contribution in [2.24, 2.45) is 0 Å². The minimum absolute atomic E-state index is 0.0862. The van der Waals surface area contributed by atoms with Crippen molar-refractivity contribution in [1.82, 2.24) is 9.88 Å². The summed E-state index contributed by atoms with van der Waals surface area (Å²) in [6.07, 6.45) is 5.52. The van der Waals surface area contributed by atoms with E-state index in [1.807, 2.05) is 12.4 Å². The zero-order valence-corrected chi connectivity index (χ0v) is 9.19. The molecule has 1 fully saturated rings. The summed E-state index contributed by atoms with van der Waals surface area (Å²) in [7, 11) is 2.07. The summed E-state index contributed by atoms with van der Waals surface area (Å²) >= 11 is 0. The lowest BCUT2D eigenvalue weighted by Crippen LogP contribution is -2.35. The van der Waals surface area contributed by atoms with Crippen molar-refractivity contribution in [2.45, 2.75) is 25.5 Å². The Bertz CT molecular complexity index is 324. The van der Waals surface area contributed by atoms with Crippen molar-refractivity contribution in [3.05, 3.63) is 24.0 Å². The van der Waals surface area contributed by atoms with Crippen molar-refractivity contribution in [1.29, 1.82) is 0 Å². The lowest BCUT2D eigenvalue weighted by atomic mass is 9.97. The van der Waals surface area contributed by atoms with E-state index in [9.17, 15) is 5.11 Å². The van der Waals surface area contributed by atoms with E-state index in [0.717, 1.165) is 32.5 Å². The van der Waals surface area contributed by atoms with Gasteiger partial charge in [0.2, 0.25) is 0 Å². The molecular weight excluding hydrogens is 187 g/mol. The van der Waals surface area contributed by atoms with Gasteiger partial charge in [-0.25, -0.2) is 0 Å². The number of aliphatic hydroxyl groups excluding tert-OH is 1. The Balaban J connectivity index is 1.92. The maximum Gasteiger partial charge on any atom is 0.141 e. The van der Waals surface area contributed by atoms with Gasteiger partial charge < -0.3 is 5.11 Å². The van der Waals surface area contributed by atoms with Gasteiger partial charge in [-0.05, 0) is 18.4 Å². The van der Waals surface area contributed by atoms with E-state index in [1.165, 1.54) is 11.0 Å². The molecule has 0 radical (unpaired) electrons. The van der Waals surface area contributed by atoms with Crippen LogP contribution in [0.4, 0.5) is 0 Å². The first kappa shape index (κ1) is 10.6. The first-order chi connectivity index (χ1) is 7.24. The number of pyridine rings is 1. The summed E-state index contributed by atoms with van der Waals surface area (Å²) in [4.78, 5) is 6.57. The van der Waals surface area contributed by atoms with Crippen LogP contribution in [0.25, 0.3) is 0 Å². The highest BCUT2D eigenvalue weighted by Gasteiger charge is 2.16.